The van der Waals surface area contributed by atoms with Crippen LogP contribution in [0.15, 0.2) is 6.07 Å². The number of halogens is 2. The summed E-state index contributed by atoms with van der Waals surface area (Å²) in [5, 5.41) is 0. The van der Waals surface area contributed by atoms with E-state index < -0.39 is 0 Å². The number of nitrogens with two attached hydrogens (primary N) is 1. The molecule has 0 amide bonds. The number of carbonyl (C=O) groups excluding carboxylic acids is 1. The molecular formula is C8H9Cl2NOS. The highest BCUT2D eigenvalue weighted by Gasteiger charge is 2.15. The number of rotatable bonds is 3. The molecule has 0 spiro atoms. The van der Waals surface area contributed by atoms with Gasteiger partial charge in [-0.3, -0.25) is 4.79 Å². The van der Waals surface area contributed by atoms with Gasteiger partial charge in [0.05, 0.1) is 4.34 Å². The zero-order valence-corrected chi connectivity index (χ0v) is 9.34. The normalized spacial score (nSPS) is 12.9. The fourth-order valence-corrected chi connectivity index (χ4v) is 2.43. The molecule has 1 aromatic heterocycles. The Balaban J connectivity index is 2.82. The van der Waals surface area contributed by atoms with Gasteiger partial charge < -0.3 is 5.73 Å². The summed E-state index contributed by atoms with van der Waals surface area (Å²) in [6.45, 7) is 1.78. The molecule has 1 aromatic rings. The Hall–Kier alpha value is -0.0900. The molecule has 1 unspecified atom stereocenters. The van der Waals surface area contributed by atoms with Crippen molar-refractivity contribution < 1.29 is 4.79 Å². The van der Waals surface area contributed by atoms with E-state index in [0.29, 0.717) is 20.7 Å². The molecule has 72 valence electrons. The largest absolute Gasteiger partial charge is 0.328 e. The summed E-state index contributed by atoms with van der Waals surface area (Å²) in [4.78, 5) is 11.5. The average Bonchev–Trinajstić information content (AvgIpc) is 2.28. The van der Waals surface area contributed by atoms with Crippen molar-refractivity contribution in [2.45, 2.75) is 19.4 Å². The monoisotopic (exact) mass is 237 g/mol. The molecule has 2 N–H and O–H groups in total. The van der Waals surface area contributed by atoms with Crippen molar-refractivity contribution in [1.29, 1.82) is 0 Å². The van der Waals surface area contributed by atoms with Gasteiger partial charge in [-0.15, -0.1) is 11.3 Å². The lowest BCUT2D eigenvalue weighted by atomic mass is 10.1. The lowest BCUT2D eigenvalue weighted by molar-refractivity contribution is 0.0977. The third kappa shape index (κ3) is 2.95. The maximum atomic E-state index is 11.5. The number of Topliss-reactive ketones (excluding diaryl/α,β-unsaturated/α-hetero) is 1. The van der Waals surface area contributed by atoms with Gasteiger partial charge in [0.15, 0.2) is 5.78 Å². The minimum absolute atomic E-state index is 0.0526. The molecule has 13 heavy (non-hydrogen) atoms. The van der Waals surface area contributed by atoms with E-state index in [2.05, 4.69) is 0 Å². The van der Waals surface area contributed by atoms with E-state index in [1.165, 1.54) is 11.3 Å². The van der Waals surface area contributed by atoms with Crippen LogP contribution < -0.4 is 5.73 Å². The van der Waals surface area contributed by atoms with Gasteiger partial charge in [0.2, 0.25) is 0 Å². The Bertz CT molecular complexity index is 322. The van der Waals surface area contributed by atoms with Crippen LogP contribution >= 0.6 is 34.5 Å². The molecule has 0 saturated carbocycles. The first-order valence-electron chi connectivity index (χ1n) is 3.74. The Kier molecular flexibility index (Phi) is 3.74. The quantitative estimate of drug-likeness (QED) is 0.822. The SMILES string of the molecule is CC(N)CC(=O)c1cc(Cl)sc1Cl. The van der Waals surface area contributed by atoms with Crippen molar-refractivity contribution in [3.8, 4) is 0 Å². The second-order valence-corrected chi connectivity index (χ2v) is 5.13. The zero-order valence-electron chi connectivity index (χ0n) is 7.01. The highest BCUT2D eigenvalue weighted by molar-refractivity contribution is 7.20. The van der Waals surface area contributed by atoms with Gasteiger partial charge in [-0.1, -0.05) is 23.2 Å². The molecule has 0 aliphatic rings. The Morgan fingerprint density at radius 2 is 2.31 bits per heavy atom. The van der Waals surface area contributed by atoms with E-state index in [1.54, 1.807) is 13.0 Å². The highest BCUT2D eigenvalue weighted by Crippen LogP contribution is 2.31. The second kappa shape index (κ2) is 4.42. The van der Waals surface area contributed by atoms with Crippen LogP contribution in [0.5, 0.6) is 0 Å². The predicted molar refractivity (Wildman–Crippen MR) is 56.9 cm³/mol. The molecule has 5 heteroatoms. The van der Waals surface area contributed by atoms with E-state index in [4.69, 9.17) is 28.9 Å². The molecule has 1 rings (SSSR count). The molecule has 2 nitrogen and oxygen atoms in total. The summed E-state index contributed by atoms with van der Waals surface area (Å²) in [6.07, 6.45) is 0.298. The Labute approximate surface area is 90.6 Å². The number of carbonyl (C=O) groups is 1. The van der Waals surface area contributed by atoms with E-state index in [0.717, 1.165) is 0 Å². The lowest BCUT2D eigenvalue weighted by Crippen LogP contribution is -2.19. The van der Waals surface area contributed by atoms with Gasteiger partial charge in [0, 0.05) is 18.0 Å². The standard InChI is InChI=1S/C8H9Cl2NOS/c1-4(11)2-6(12)5-3-7(9)13-8(5)10/h3-4H,2,11H2,1H3. The van der Waals surface area contributed by atoms with Crippen molar-refractivity contribution in [2.24, 2.45) is 5.73 Å². The summed E-state index contributed by atoms with van der Waals surface area (Å²) in [7, 11) is 0. The lowest BCUT2D eigenvalue weighted by Gasteiger charge is -2.01. The third-order valence-corrected chi connectivity index (χ3v) is 2.95. The van der Waals surface area contributed by atoms with Gasteiger partial charge in [-0.05, 0) is 13.0 Å². The van der Waals surface area contributed by atoms with Gasteiger partial charge in [-0.2, -0.15) is 0 Å². The molecule has 0 aliphatic heterocycles. The van der Waals surface area contributed by atoms with Crippen LogP contribution in [0.3, 0.4) is 0 Å². The first kappa shape index (κ1) is 11.0. The van der Waals surface area contributed by atoms with Crippen LogP contribution in [-0.4, -0.2) is 11.8 Å². The summed E-state index contributed by atoms with van der Waals surface area (Å²) in [6, 6.07) is 1.43. The molecule has 1 heterocycles. The van der Waals surface area contributed by atoms with Crippen LogP contribution in [0, 0.1) is 0 Å². The molecule has 0 aliphatic carbocycles. The van der Waals surface area contributed by atoms with Crippen LogP contribution in [0.1, 0.15) is 23.7 Å². The van der Waals surface area contributed by atoms with Crippen molar-refractivity contribution in [2.75, 3.05) is 0 Å². The first-order valence-corrected chi connectivity index (χ1v) is 5.31. The fraction of sp³-hybridized carbons (Fsp3) is 0.375. The molecule has 0 fully saturated rings. The molecule has 0 aromatic carbocycles. The highest BCUT2D eigenvalue weighted by atomic mass is 35.5. The van der Waals surface area contributed by atoms with Gasteiger partial charge in [0.25, 0.3) is 0 Å². The van der Waals surface area contributed by atoms with Gasteiger partial charge in [-0.25, -0.2) is 0 Å². The molecule has 0 saturated heterocycles. The Morgan fingerprint density at radius 1 is 1.69 bits per heavy atom. The maximum absolute atomic E-state index is 11.5. The fourth-order valence-electron chi connectivity index (χ4n) is 0.933. The number of ketones is 1. The van der Waals surface area contributed by atoms with Crippen molar-refractivity contribution >= 4 is 40.3 Å². The van der Waals surface area contributed by atoms with Gasteiger partial charge in [0.1, 0.15) is 4.34 Å². The third-order valence-electron chi connectivity index (χ3n) is 1.46. The minimum atomic E-state index is -0.151. The number of thiophene rings is 1. The predicted octanol–water partition coefficient (Wildman–Crippen LogP) is 2.97. The average molecular weight is 238 g/mol. The van der Waals surface area contributed by atoms with E-state index in [-0.39, 0.29) is 11.8 Å². The van der Waals surface area contributed by atoms with Crippen molar-refractivity contribution in [3.63, 3.8) is 0 Å². The zero-order chi connectivity index (χ0) is 10.0. The molecule has 0 bridgehead atoms. The summed E-state index contributed by atoms with van der Waals surface area (Å²) in [5.74, 6) is -0.0526. The number of hydrogen-bond donors (Lipinski definition) is 1. The van der Waals surface area contributed by atoms with Crippen LogP contribution in [0.4, 0.5) is 0 Å². The summed E-state index contributed by atoms with van der Waals surface area (Å²) in [5.41, 5.74) is 5.97. The molecular weight excluding hydrogens is 229 g/mol. The van der Waals surface area contributed by atoms with Gasteiger partial charge >= 0.3 is 0 Å². The van der Waals surface area contributed by atoms with Crippen molar-refractivity contribution in [1.82, 2.24) is 0 Å². The van der Waals surface area contributed by atoms with E-state index in [9.17, 15) is 4.79 Å². The van der Waals surface area contributed by atoms with Crippen LogP contribution in [0.2, 0.25) is 8.67 Å². The van der Waals surface area contributed by atoms with E-state index in [1.807, 2.05) is 0 Å². The number of hydrogen-bond acceptors (Lipinski definition) is 3. The smallest absolute Gasteiger partial charge is 0.166 e. The van der Waals surface area contributed by atoms with Crippen molar-refractivity contribution in [3.05, 3.63) is 20.3 Å². The minimum Gasteiger partial charge on any atom is -0.328 e. The van der Waals surface area contributed by atoms with E-state index >= 15 is 0 Å². The summed E-state index contributed by atoms with van der Waals surface area (Å²) < 4.78 is 0.966. The second-order valence-electron chi connectivity index (χ2n) is 2.84. The van der Waals surface area contributed by atoms with Crippen LogP contribution in [0.25, 0.3) is 0 Å². The molecule has 1 atom stereocenters. The first-order chi connectivity index (χ1) is 6.00. The van der Waals surface area contributed by atoms with Crippen LogP contribution in [-0.2, 0) is 0 Å². The topological polar surface area (TPSA) is 43.1 Å². The molecule has 0 radical (unpaired) electrons. The Morgan fingerprint density at radius 3 is 2.69 bits per heavy atom. The summed E-state index contributed by atoms with van der Waals surface area (Å²) >= 11 is 12.7. The maximum Gasteiger partial charge on any atom is 0.166 e.